The molecule has 2 N–H and O–H groups in total. The number of hydrogen-bond acceptors (Lipinski definition) is 3. The van der Waals surface area contributed by atoms with E-state index in [0.29, 0.717) is 0 Å². The quantitative estimate of drug-likeness (QED) is 0.786. The van der Waals surface area contributed by atoms with Crippen molar-refractivity contribution in [2.75, 3.05) is 0 Å². The van der Waals surface area contributed by atoms with Gasteiger partial charge in [-0.05, 0) is 36.3 Å². The summed E-state index contributed by atoms with van der Waals surface area (Å²) in [6.45, 7) is 1.33. The van der Waals surface area contributed by atoms with Gasteiger partial charge in [-0.2, -0.15) is 0 Å². The van der Waals surface area contributed by atoms with E-state index >= 15 is 0 Å². The summed E-state index contributed by atoms with van der Waals surface area (Å²) in [7, 11) is 0. The van der Waals surface area contributed by atoms with Crippen LogP contribution >= 0.6 is 11.3 Å². The Kier molecular flexibility index (Phi) is 3.24. The van der Waals surface area contributed by atoms with Crippen molar-refractivity contribution < 1.29 is 9.59 Å². The third kappa shape index (κ3) is 2.41. The van der Waals surface area contributed by atoms with Gasteiger partial charge in [0.25, 0.3) is 0 Å². The molecule has 1 unspecified atom stereocenters. The molecule has 3 amide bonds. The van der Waals surface area contributed by atoms with E-state index in [2.05, 4.69) is 16.7 Å². The van der Waals surface area contributed by atoms with Gasteiger partial charge in [0, 0.05) is 11.8 Å². The first-order valence-corrected chi connectivity index (χ1v) is 6.19. The Morgan fingerprint density at radius 2 is 2.31 bits per heavy atom. The Morgan fingerprint density at radius 1 is 1.50 bits per heavy atom. The fourth-order valence-electron chi connectivity index (χ4n) is 1.99. The Hall–Kier alpha value is -1.36. The highest BCUT2D eigenvalue weighted by atomic mass is 32.1. The Labute approximate surface area is 98.0 Å². The average molecular weight is 238 g/mol. The van der Waals surface area contributed by atoms with E-state index in [1.807, 2.05) is 5.38 Å². The molecule has 0 fully saturated rings. The van der Waals surface area contributed by atoms with Gasteiger partial charge >= 0.3 is 6.03 Å². The number of thiophene rings is 1. The largest absolute Gasteiger partial charge is 0.331 e. The molecule has 0 aliphatic heterocycles. The summed E-state index contributed by atoms with van der Waals surface area (Å²) in [4.78, 5) is 23.5. The lowest BCUT2D eigenvalue weighted by molar-refractivity contribution is -0.117. The number of carbonyl (C=O) groups excluding carboxylic acids is 2. The maximum absolute atomic E-state index is 11.4. The predicted molar refractivity (Wildman–Crippen MR) is 62.3 cm³/mol. The van der Waals surface area contributed by atoms with Gasteiger partial charge in [0.2, 0.25) is 5.91 Å². The SMILES string of the molecule is CC(=O)NC(=O)NC1CCCc2sccc21. The van der Waals surface area contributed by atoms with Gasteiger partial charge in [0.05, 0.1) is 6.04 Å². The summed E-state index contributed by atoms with van der Waals surface area (Å²) in [6, 6.07) is 1.70. The highest BCUT2D eigenvalue weighted by Crippen LogP contribution is 2.32. The molecule has 0 aromatic carbocycles. The molecule has 0 saturated heterocycles. The van der Waals surface area contributed by atoms with Crippen molar-refractivity contribution in [1.82, 2.24) is 10.6 Å². The van der Waals surface area contributed by atoms with E-state index in [4.69, 9.17) is 0 Å². The van der Waals surface area contributed by atoms with Gasteiger partial charge < -0.3 is 5.32 Å². The molecule has 1 aliphatic rings. The van der Waals surface area contributed by atoms with Crippen LogP contribution in [0, 0.1) is 0 Å². The molecule has 1 aromatic rings. The normalized spacial score (nSPS) is 18.7. The first-order chi connectivity index (χ1) is 7.66. The zero-order valence-electron chi connectivity index (χ0n) is 9.08. The second kappa shape index (κ2) is 4.65. The van der Waals surface area contributed by atoms with Gasteiger partial charge in [-0.1, -0.05) is 0 Å². The first-order valence-electron chi connectivity index (χ1n) is 5.31. The molecule has 2 rings (SSSR count). The number of aryl methyl sites for hydroxylation is 1. The van der Waals surface area contributed by atoms with Crippen molar-refractivity contribution in [2.24, 2.45) is 0 Å². The monoisotopic (exact) mass is 238 g/mol. The van der Waals surface area contributed by atoms with Crippen molar-refractivity contribution in [3.63, 3.8) is 0 Å². The van der Waals surface area contributed by atoms with Crippen LogP contribution in [0.15, 0.2) is 11.4 Å². The fraction of sp³-hybridized carbons (Fsp3) is 0.455. The standard InChI is InChI=1S/C11H14N2O2S/c1-7(14)12-11(15)13-9-3-2-4-10-8(9)5-6-16-10/h5-6,9H,2-4H2,1H3,(H2,12,13,14,15). The van der Waals surface area contributed by atoms with Crippen LogP contribution in [0.4, 0.5) is 4.79 Å². The molecule has 1 atom stereocenters. The second-order valence-electron chi connectivity index (χ2n) is 3.90. The molecule has 16 heavy (non-hydrogen) atoms. The van der Waals surface area contributed by atoms with E-state index in [-0.39, 0.29) is 11.9 Å². The van der Waals surface area contributed by atoms with E-state index < -0.39 is 6.03 Å². The summed E-state index contributed by atoms with van der Waals surface area (Å²) >= 11 is 1.73. The molecule has 0 bridgehead atoms. The summed E-state index contributed by atoms with van der Waals surface area (Å²) < 4.78 is 0. The smallest absolute Gasteiger partial charge is 0.321 e. The maximum Gasteiger partial charge on any atom is 0.321 e. The summed E-state index contributed by atoms with van der Waals surface area (Å²) in [5, 5.41) is 7.10. The van der Waals surface area contributed by atoms with Crippen LogP contribution in [0.25, 0.3) is 0 Å². The minimum absolute atomic E-state index is 0.0503. The van der Waals surface area contributed by atoms with Gasteiger partial charge in [-0.15, -0.1) is 11.3 Å². The van der Waals surface area contributed by atoms with Crippen LogP contribution in [0.3, 0.4) is 0 Å². The highest BCUT2D eigenvalue weighted by molar-refractivity contribution is 7.10. The zero-order valence-corrected chi connectivity index (χ0v) is 9.89. The molecular weight excluding hydrogens is 224 g/mol. The third-order valence-electron chi connectivity index (χ3n) is 2.65. The minimum atomic E-state index is -0.406. The van der Waals surface area contributed by atoms with E-state index in [0.717, 1.165) is 19.3 Å². The lowest BCUT2D eigenvalue weighted by Gasteiger charge is -2.23. The lowest BCUT2D eigenvalue weighted by atomic mass is 9.94. The number of urea groups is 1. The average Bonchev–Trinajstić information content (AvgIpc) is 2.65. The van der Waals surface area contributed by atoms with Crippen molar-refractivity contribution >= 4 is 23.3 Å². The van der Waals surface area contributed by atoms with Crippen LogP contribution < -0.4 is 10.6 Å². The summed E-state index contributed by atoms with van der Waals surface area (Å²) in [5.41, 5.74) is 1.20. The number of rotatable bonds is 1. The molecule has 1 aliphatic carbocycles. The van der Waals surface area contributed by atoms with Gasteiger partial charge in [-0.3, -0.25) is 10.1 Å². The van der Waals surface area contributed by atoms with Gasteiger partial charge in [0.15, 0.2) is 0 Å². The third-order valence-corrected chi connectivity index (χ3v) is 3.64. The number of imide groups is 1. The number of fused-ring (bicyclic) bond motifs is 1. The second-order valence-corrected chi connectivity index (χ2v) is 4.90. The van der Waals surface area contributed by atoms with Crippen LogP contribution in [0.2, 0.25) is 0 Å². The van der Waals surface area contributed by atoms with Crippen LogP contribution in [0.1, 0.15) is 36.2 Å². The molecule has 5 heteroatoms. The van der Waals surface area contributed by atoms with Crippen molar-refractivity contribution in [3.05, 3.63) is 21.9 Å². The molecule has 0 spiro atoms. The molecular formula is C11H14N2O2S. The van der Waals surface area contributed by atoms with E-state index in [1.54, 1.807) is 11.3 Å². The van der Waals surface area contributed by atoms with E-state index in [1.165, 1.54) is 17.4 Å². The number of hydrogen-bond donors (Lipinski definition) is 2. The number of nitrogens with one attached hydrogen (secondary N) is 2. The summed E-state index contributed by atoms with van der Waals surface area (Å²) in [5.74, 6) is -0.334. The summed E-state index contributed by atoms with van der Waals surface area (Å²) in [6.07, 6.45) is 3.12. The molecule has 1 heterocycles. The van der Waals surface area contributed by atoms with Crippen molar-refractivity contribution in [3.8, 4) is 0 Å². The zero-order chi connectivity index (χ0) is 11.5. The molecule has 1 aromatic heterocycles. The first kappa shape index (κ1) is 11.1. The van der Waals surface area contributed by atoms with Crippen molar-refractivity contribution in [1.29, 1.82) is 0 Å². The van der Waals surface area contributed by atoms with Gasteiger partial charge in [0.1, 0.15) is 0 Å². The topological polar surface area (TPSA) is 58.2 Å². The van der Waals surface area contributed by atoms with E-state index in [9.17, 15) is 9.59 Å². The molecule has 0 radical (unpaired) electrons. The van der Waals surface area contributed by atoms with Crippen LogP contribution in [-0.2, 0) is 11.2 Å². The fourth-order valence-corrected chi connectivity index (χ4v) is 2.98. The Bertz CT molecular complexity index is 414. The molecule has 4 nitrogen and oxygen atoms in total. The maximum atomic E-state index is 11.4. The van der Waals surface area contributed by atoms with Crippen molar-refractivity contribution in [2.45, 2.75) is 32.2 Å². The molecule has 0 saturated carbocycles. The number of amides is 3. The predicted octanol–water partition coefficient (Wildman–Crippen LogP) is 1.97. The van der Waals surface area contributed by atoms with Crippen LogP contribution in [0.5, 0.6) is 0 Å². The minimum Gasteiger partial charge on any atom is -0.331 e. The molecule has 86 valence electrons. The van der Waals surface area contributed by atoms with Gasteiger partial charge in [-0.25, -0.2) is 4.79 Å². The highest BCUT2D eigenvalue weighted by Gasteiger charge is 2.22. The Balaban J connectivity index is 2.02. The van der Waals surface area contributed by atoms with Crippen LogP contribution in [-0.4, -0.2) is 11.9 Å². The lowest BCUT2D eigenvalue weighted by Crippen LogP contribution is -2.40. The Morgan fingerprint density at radius 3 is 3.06 bits per heavy atom. The number of carbonyl (C=O) groups is 2.